The minimum Gasteiger partial charge on any atom is -0.482 e. The lowest BCUT2D eigenvalue weighted by Crippen LogP contribution is -2.51. The number of halogens is 1. The molecule has 0 radical (unpaired) electrons. The van der Waals surface area contributed by atoms with Crippen molar-refractivity contribution in [2.75, 3.05) is 31.1 Å². The Labute approximate surface area is 227 Å². The van der Waals surface area contributed by atoms with E-state index in [-0.39, 0.29) is 22.7 Å². The van der Waals surface area contributed by atoms with Gasteiger partial charge in [0.15, 0.2) is 0 Å². The summed E-state index contributed by atoms with van der Waals surface area (Å²) < 4.78 is 35.6. The summed E-state index contributed by atoms with van der Waals surface area (Å²) in [5, 5.41) is 4.71. The molecule has 8 nitrogen and oxygen atoms in total. The summed E-state index contributed by atoms with van der Waals surface area (Å²) >= 11 is 6.19. The van der Waals surface area contributed by atoms with E-state index in [2.05, 4.69) is 17.2 Å². The van der Waals surface area contributed by atoms with Crippen LogP contribution in [0.5, 0.6) is 5.75 Å². The molecule has 1 aliphatic heterocycles. The van der Waals surface area contributed by atoms with E-state index in [1.165, 1.54) is 15.8 Å². The number of anilines is 1. The average Bonchev–Trinajstić information content (AvgIpc) is 3.60. The lowest BCUT2D eigenvalue weighted by molar-refractivity contribution is 0.209. The molecule has 38 heavy (non-hydrogen) atoms. The standard InChI is InChI=1S/C28H31ClN4O4S/c29-22-8-5-9-23(18-22)33-28(34)27(37-24-16-20-6-1-2-7-21(20)17-24)26(19-30-33)31-12-14-32(15-13-31)38(35,36)25-10-3-4-11-25/h1-2,5-9,18-19,24-25H,3-4,10-17H2. The fourth-order valence-corrected chi connectivity index (χ4v) is 8.11. The van der Waals surface area contributed by atoms with Crippen LogP contribution in [-0.2, 0) is 22.9 Å². The third kappa shape index (κ3) is 4.83. The molecular weight excluding hydrogens is 524 g/mol. The summed E-state index contributed by atoms with van der Waals surface area (Å²) in [7, 11) is -3.30. The van der Waals surface area contributed by atoms with Crippen molar-refractivity contribution in [1.29, 1.82) is 0 Å². The Kier molecular flexibility index (Phi) is 6.92. The van der Waals surface area contributed by atoms with Crippen LogP contribution in [0.15, 0.2) is 59.5 Å². The van der Waals surface area contributed by atoms with Gasteiger partial charge < -0.3 is 9.64 Å². The van der Waals surface area contributed by atoms with E-state index in [1.54, 1.807) is 34.8 Å². The molecule has 2 aliphatic carbocycles. The molecule has 1 saturated carbocycles. The third-order valence-electron chi connectivity index (χ3n) is 7.93. The normalized spacial score (nSPS) is 19.1. The molecule has 200 valence electrons. The lowest BCUT2D eigenvalue weighted by Gasteiger charge is -2.37. The molecule has 6 rings (SSSR count). The zero-order valence-corrected chi connectivity index (χ0v) is 22.7. The molecule has 0 bridgehead atoms. The van der Waals surface area contributed by atoms with Crippen LogP contribution in [0.1, 0.15) is 36.8 Å². The predicted molar refractivity (Wildman–Crippen MR) is 148 cm³/mol. The second-order valence-corrected chi connectivity index (χ2v) is 13.0. The highest BCUT2D eigenvalue weighted by Crippen LogP contribution is 2.32. The smallest absolute Gasteiger partial charge is 0.316 e. The highest BCUT2D eigenvalue weighted by atomic mass is 35.5. The number of benzene rings is 2. The van der Waals surface area contributed by atoms with Gasteiger partial charge in [-0.2, -0.15) is 14.1 Å². The van der Waals surface area contributed by atoms with Gasteiger partial charge in [0.2, 0.25) is 15.8 Å². The molecule has 0 atom stereocenters. The second-order valence-electron chi connectivity index (χ2n) is 10.3. The monoisotopic (exact) mass is 554 g/mol. The Morgan fingerprint density at radius 1 is 0.921 bits per heavy atom. The Balaban J connectivity index is 1.29. The number of hydrogen-bond acceptors (Lipinski definition) is 6. The molecule has 0 spiro atoms. The number of rotatable bonds is 6. The Bertz CT molecular complexity index is 1470. The molecule has 1 aromatic heterocycles. The quantitative estimate of drug-likeness (QED) is 0.460. The van der Waals surface area contributed by atoms with Crippen LogP contribution >= 0.6 is 11.6 Å². The van der Waals surface area contributed by atoms with E-state index in [0.29, 0.717) is 42.6 Å². The van der Waals surface area contributed by atoms with Crippen molar-refractivity contribution in [2.45, 2.75) is 49.9 Å². The largest absolute Gasteiger partial charge is 0.482 e. The number of hydrogen-bond donors (Lipinski definition) is 0. The van der Waals surface area contributed by atoms with Crippen LogP contribution in [0.2, 0.25) is 5.02 Å². The van der Waals surface area contributed by atoms with Crippen LogP contribution in [0.4, 0.5) is 5.69 Å². The van der Waals surface area contributed by atoms with Gasteiger partial charge >= 0.3 is 5.56 Å². The molecule has 0 unspecified atom stereocenters. The zero-order valence-electron chi connectivity index (χ0n) is 21.1. The van der Waals surface area contributed by atoms with Crippen LogP contribution in [-0.4, -0.2) is 60.0 Å². The summed E-state index contributed by atoms with van der Waals surface area (Å²) in [5.74, 6) is 0.241. The molecule has 3 aliphatic rings. The first kappa shape index (κ1) is 25.4. The van der Waals surface area contributed by atoms with Gasteiger partial charge in [-0.05, 0) is 42.2 Å². The summed E-state index contributed by atoms with van der Waals surface area (Å²) in [6, 6.07) is 15.2. The van der Waals surface area contributed by atoms with E-state index in [0.717, 1.165) is 38.5 Å². The van der Waals surface area contributed by atoms with Gasteiger partial charge in [0.05, 0.1) is 17.1 Å². The molecular formula is C28H31ClN4O4S. The Hall–Kier alpha value is -2.88. The topological polar surface area (TPSA) is 84.7 Å². The van der Waals surface area contributed by atoms with Crippen LogP contribution < -0.4 is 15.2 Å². The first-order valence-corrected chi connectivity index (χ1v) is 15.1. The van der Waals surface area contributed by atoms with Crippen LogP contribution in [0.3, 0.4) is 0 Å². The fourth-order valence-electron chi connectivity index (χ4n) is 5.91. The summed E-state index contributed by atoms with van der Waals surface area (Å²) in [4.78, 5) is 15.8. The molecule has 1 saturated heterocycles. The van der Waals surface area contributed by atoms with Crippen molar-refractivity contribution in [3.05, 3.63) is 81.2 Å². The molecule has 2 aromatic carbocycles. The maximum absolute atomic E-state index is 13.8. The molecule has 2 heterocycles. The molecule has 0 amide bonds. The highest BCUT2D eigenvalue weighted by molar-refractivity contribution is 7.89. The van der Waals surface area contributed by atoms with Gasteiger partial charge in [0.1, 0.15) is 11.8 Å². The minimum absolute atomic E-state index is 0.168. The van der Waals surface area contributed by atoms with E-state index in [9.17, 15) is 13.2 Å². The van der Waals surface area contributed by atoms with Crippen LogP contribution in [0.25, 0.3) is 5.69 Å². The van der Waals surface area contributed by atoms with Gasteiger partial charge in [-0.15, -0.1) is 0 Å². The van der Waals surface area contributed by atoms with Gasteiger partial charge in [-0.25, -0.2) is 8.42 Å². The number of aromatic nitrogens is 2. The summed E-state index contributed by atoms with van der Waals surface area (Å²) in [6.07, 6.45) is 6.38. The van der Waals surface area contributed by atoms with Gasteiger partial charge in [-0.3, -0.25) is 4.79 Å². The van der Waals surface area contributed by atoms with Gasteiger partial charge in [0.25, 0.3) is 0 Å². The SMILES string of the molecule is O=c1c(OC2Cc3ccccc3C2)c(N2CCN(S(=O)(=O)C3CCCC3)CC2)cnn1-c1cccc(Cl)c1. The second kappa shape index (κ2) is 10.4. The Morgan fingerprint density at radius 3 is 2.26 bits per heavy atom. The van der Waals surface area contributed by atoms with Crippen LogP contribution in [0, 0.1) is 0 Å². The van der Waals surface area contributed by atoms with E-state index < -0.39 is 10.0 Å². The molecule has 10 heteroatoms. The molecule has 3 aromatic rings. The maximum atomic E-state index is 13.8. The lowest BCUT2D eigenvalue weighted by atomic mass is 10.1. The maximum Gasteiger partial charge on any atom is 0.316 e. The van der Waals surface area contributed by atoms with E-state index in [1.807, 2.05) is 17.0 Å². The number of ether oxygens (including phenoxy) is 1. The van der Waals surface area contributed by atoms with E-state index >= 15 is 0 Å². The predicted octanol–water partition coefficient (Wildman–Crippen LogP) is 3.83. The molecule has 0 N–H and O–H groups in total. The first-order valence-electron chi connectivity index (χ1n) is 13.3. The zero-order chi connectivity index (χ0) is 26.3. The van der Waals surface area contributed by atoms with Crippen molar-refractivity contribution in [3.63, 3.8) is 0 Å². The van der Waals surface area contributed by atoms with Crippen molar-refractivity contribution in [1.82, 2.24) is 14.1 Å². The number of fused-ring (bicyclic) bond motifs is 1. The van der Waals surface area contributed by atoms with Gasteiger partial charge in [0, 0.05) is 44.0 Å². The average molecular weight is 555 g/mol. The third-order valence-corrected chi connectivity index (χ3v) is 10.6. The Morgan fingerprint density at radius 2 is 1.61 bits per heavy atom. The number of sulfonamides is 1. The van der Waals surface area contributed by atoms with Crippen molar-refractivity contribution in [3.8, 4) is 11.4 Å². The van der Waals surface area contributed by atoms with Crippen molar-refractivity contribution in [2.24, 2.45) is 0 Å². The summed E-state index contributed by atoms with van der Waals surface area (Å²) in [5.41, 5.74) is 3.26. The minimum atomic E-state index is -3.30. The highest BCUT2D eigenvalue weighted by Gasteiger charge is 2.36. The molecule has 2 fully saturated rings. The van der Waals surface area contributed by atoms with E-state index in [4.69, 9.17) is 16.3 Å². The van der Waals surface area contributed by atoms with Gasteiger partial charge in [-0.1, -0.05) is 54.8 Å². The number of nitrogens with zero attached hydrogens (tertiary/aromatic N) is 4. The fraction of sp³-hybridized carbons (Fsp3) is 0.429. The number of piperazine rings is 1. The summed E-state index contributed by atoms with van der Waals surface area (Å²) in [6.45, 7) is 1.69. The van der Waals surface area contributed by atoms with Crippen molar-refractivity contribution >= 4 is 27.3 Å². The first-order chi connectivity index (χ1) is 18.4. The van der Waals surface area contributed by atoms with Crippen molar-refractivity contribution < 1.29 is 13.2 Å².